The van der Waals surface area contributed by atoms with Crippen molar-refractivity contribution in [3.63, 3.8) is 0 Å². The van der Waals surface area contributed by atoms with Crippen molar-refractivity contribution in [1.29, 1.82) is 0 Å². The standard InChI is InChI=1S/C20H24ClN3O3S/c1-15-3-9-19(10-4-15)28(26,27)24-13-11-23(12-14-24)16(2)20(25)22-18-7-5-17(21)6-8-18/h3-10,16H,11-14H2,1-2H3,(H,22,25)/t16-/m0/s1. The van der Waals surface area contributed by atoms with E-state index < -0.39 is 10.0 Å². The van der Waals surface area contributed by atoms with Gasteiger partial charge in [0.1, 0.15) is 0 Å². The lowest BCUT2D eigenvalue weighted by Crippen LogP contribution is -2.53. The van der Waals surface area contributed by atoms with Gasteiger partial charge < -0.3 is 5.32 Å². The van der Waals surface area contributed by atoms with E-state index in [1.54, 1.807) is 48.5 Å². The summed E-state index contributed by atoms with van der Waals surface area (Å²) in [6.45, 7) is 5.46. The number of carbonyl (C=O) groups is 1. The zero-order valence-corrected chi connectivity index (χ0v) is 17.5. The van der Waals surface area contributed by atoms with Crippen molar-refractivity contribution in [1.82, 2.24) is 9.21 Å². The summed E-state index contributed by atoms with van der Waals surface area (Å²) in [4.78, 5) is 14.8. The van der Waals surface area contributed by atoms with Gasteiger partial charge in [0.15, 0.2) is 0 Å². The quantitative estimate of drug-likeness (QED) is 0.805. The van der Waals surface area contributed by atoms with Crippen LogP contribution in [0.3, 0.4) is 0 Å². The molecule has 6 nitrogen and oxygen atoms in total. The van der Waals surface area contributed by atoms with Gasteiger partial charge in [-0.2, -0.15) is 4.31 Å². The minimum atomic E-state index is -3.51. The number of benzene rings is 2. The molecule has 0 unspecified atom stereocenters. The molecule has 28 heavy (non-hydrogen) atoms. The van der Waals surface area contributed by atoms with Crippen LogP contribution in [0.5, 0.6) is 0 Å². The van der Waals surface area contributed by atoms with Gasteiger partial charge in [0.2, 0.25) is 15.9 Å². The smallest absolute Gasteiger partial charge is 0.243 e. The Morgan fingerprint density at radius 3 is 2.14 bits per heavy atom. The molecule has 3 rings (SSSR count). The van der Waals surface area contributed by atoms with Crippen LogP contribution in [0.4, 0.5) is 5.69 Å². The Balaban J connectivity index is 1.58. The van der Waals surface area contributed by atoms with Crippen molar-refractivity contribution in [2.75, 3.05) is 31.5 Å². The SMILES string of the molecule is Cc1ccc(S(=O)(=O)N2CCN([C@@H](C)C(=O)Nc3ccc(Cl)cc3)CC2)cc1. The highest BCUT2D eigenvalue weighted by atomic mass is 35.5. The molecule has 0 aliphatic carbocycles. The second-order valence-electron chi connectivity index (χ2n) is 6.93. The van der Waals surface area contributed by atoms with E-state index in [2.05, 4.69) is 5.32 Å². The highest BCUT2D eigenvalue weighted by molar-refractivity contribution is 7.89. The third kappa shape index (κ3) is 4.72. The molecular formula is C20H24ClN3O3S. The maximum Gasteiger partial charge on any atom is 0.243 e. The first-order valence-corrected chi connectivity index (χ1v) is 11.0. The van der Waals surface area contributed by atoms with Gasteiger partial charge in [0.05, 0.1) is 10.9 Å². The minimum Gasteiger partial charge on any atom is -0.325 e. The molecule has 0 spiro atoms. The van der Waals surface area contributed by atoms with Gasteiger partial charge in [-0.3, -0.25) is 9.69 Å². The molecule has 1 amide bonds. The lowest BCUT2D eigenvalue weighted by Gasteiger charge is -2.36. The Labute approximate surface area is 171 Å². The first-order chi connectivity index (χ1) is 13.3. The van der Waals surface area contributed by atoms with Crippen molar-refractivity contribution in [3.05, 3.63) is 59.1 Å². The lowest BCUT2D eigenvalue weighted by molar-refractivity contribution is -0.121. The van der Waals surface area contributed by atoms with E-state index in [9.17, 15) is 13.2 Å². The zero-order chi connectivity index (χ0) is 20.3. The first-order valence-electron chi connectivity index (χ1n) is 9.15. The molecule has 0 saturated carbocycles. The predicted octanol–water partition coefficient (Wildman–Crippen LogP) is 2.98. The van der Waals surface area contributed by atoms with Crippen LogP contribution in [0.15, 0.2) is 53.4 Å². The molecule has 1 aliphatic heterocycles. The fourth-order valence-corrected chi connectivity index (χ4v) is 4.68. The largest absolute Gasteiger partial charge is 0.325 e. The van der Waals surface area contributed by atoms with E-state index >= 15 is 0 Å². The molecule has 2 aromatic rings. The van der Waals surface area contributed by atoms with Crippen LogP contribution in [0.2, 0.25) is 5.02 Å². The van der Waals surface area contributed by atoms with Gasteiger partial charge >= 0.3 is 0 Å². The Bertz CT molecular complexity index is 922. The highest BCUT2D eigenvalue weighted by Crippen LogP contribution is 2.20. The van der Waals surface area contributed by atoms with Crippen LogP contribution in [0.1, 0.15) is 12.5 Å². The molecule has 1 heterocycles. The van der Waals surface area contributed by atoms with Gasteiger partial charge in [0.25, 0.3) is 0 Å². The first kappa shape index (κ1) is 20.8. The number of hydrogen-bond acceptors (Lipinski definition) is 4. The molecule has 8 heteroatoms. The summed E-state index contributed by atoms with van der Waals surface area (Å²) in [5.41, 5.74) is 1.70. The molecule has 0 bridgehead atoms. The number of aryl methyl sites for hydroxylation is 1. The van der Waals surface area contributed by atoms with E-state index in [-0.39, 0.29) is 11.9 Å². The molecule has 2 aromatic carbocycles. The van der Waals surface area contributed by atoms with Gasteiger partial charge in [-0.25, -0.2) is 8.42 Å². The number of anilines is 1. The van der Waals surface area contributed by atoms with Crippen molar-refractivity contribution >= 4 is 33.2 Å². The highest BCUT2D eigenvalue weighted by Gasteiger charge is 2.31. The van der Waals surface area contributed by atoms with Crippen LogP contribution < -0.4 is 5.32 Å². The van der Waals surface area contributed by atoms with Crippen LogP contribution in [-0.2, 0) is 14.8 Å². The minimum absolute atomic E-state index is 0.128. The topological polar surface area (TPSA) is 69.7 Å². The van der Waals surface area contributed by atoms with Gasteiger partial charge in [0, 0.05) is 36.9 Å². The summed E-state index contributed by atoms with van der Waals surface area (Å²) in [7, 11) is -3.51. The van der Waals surface area contributed by atoms with E-state index in [1.807, 2.05) is 18.7 Å². The number of halogens is 1. The average Bonchev–Trinajstić information content (AvgIpc) is 2.69. The number of rotatable bonds is 5. The summed E-state index contributed by atoms with van der Waals surface area (Å²) >= 11 is 5.86. The van der Waals surface area contributed by atoms with Crippen molar-refractivity contribution in [2.24, 2.45) is 0 Å². The van der Waals surface area contributed by atoms with Crippen LogP contribution >= 0.6 is 11.6 Å². The molecule has 0 radical (unpaired) electrons. The maximum atomic E-state index is 12.8. The summed E-state index contributed by atoms with van der Waals surface area (Å²) in [5, 5.41) is 3.48. The molecule has 1 saturated heterocycles. The van der Waals surface area contributed by atoms with Crippen molar-refractivity contribution < 1.29 is 13.2 Å². The van der Waals surface area contributed by atoms with Crippen LogP contribution in [-0.4, -0.2) is 55.8 Å². The molecule has 1 aliphatic rings. The van der Waals surface area contributed by atoms with E-state index in [0.29, 0.717) is 41.8 Å². The number of nitrogens with zero attached hydrogens (tertiary/aromatic N) is 2. The number of carbonyl (C=O) groups excluding carboxylic acids is 1. The van der Waals surface area contributed by atoms with Crippen LogP contribution in [0.25, 0.3) is 0 Å². The van der Waals surface area contributed by atoms with E-state index in [1.165, 1.54) is 4.31 Å². The Hall–Kier alpha value is -1.93. The normalized spacial score (nSPS) is 17.2. The van der Waals surface area contributed by atoms with Crippen LogP contribution in [0, 0.1) is 6.92 Å². The van der Waals surface area contributed by atoms with Crippen molar-refractivity contribution in [2.45, 2.75) is 24.8 Å². The zero-order valence-electron chi connectivity index (χ0n) is 15.9. The van der Waals surface area contributed by atoms with Gasteiger partial charge in [-0.1, -0.05) is 29.3 Å². The molecular weight excluding hydrogens is 398 g/mol. The van der Waals surface area contributed by atoms with Crippen molar-refractivity contribution in [3.8, 4) is 0 Å². The predicted molar refractivity (Wildman–Crippen MR) is 111 cm³/mol. The Kier molecular flexibility index (Phi) is 6.40. The fraction of sp³-hybridized carbons (Fsp3) is 0.350. The summed E-state index contributed by atoms with van der Waals surface area (Å²) < 4.78 is 27.1. The summed E-state index contributed by atoms with van der Waals surface area (Å²) in [6, 6.07) is 13.4. The Morgan fingerprint density at radius 1 is 1.00 bits per heavy atom. The second kappa shape index (κ2) is 8.61. The number of amides is 1. The van der Waals surface area contributed by atoms with E-state index in [0.717, 1.165) is 5.56 Å². The maximum absolute atomic E-state index is 12.8. The second-order valence-corrected chi connectivity index (χ2v) is 9.30. The lowest BCUT2D eigenvalue weighted by atomic mass is 10.2. The fourth-order valence-electron chi connectivity index (χ4n) is 3.14. The van der Waals surface area contributed by atoms with Gasteiger partial charge in [-0.15, -0.1) is 0 Å². The monoisotopic (exact) mass is 421 g/mol. The number of piperazine rings is 1. The molecule has 1 fully saturated rings. The van der Waals surface area contributed by atoms with E-state index in [4.69, 9.17) is 11.6 Å². The molecule has 0 aromatic heterocycles. The summed E-state index contributed by atoms with van der Waals surface area (Å²) in [6.07, 6.45) is 0. The molecule has 1 N–H and O–H groups in total. The Morgan fingerprint density at radius 2 is 1.57 bits per heavy atom. The number of hydrogen-bond donors (Lipinski definition) is 1. The van der Waals surface area contributed by atoms with Gasteiger partial charge in [-0.05, 0) is 50.2 Å². The third-order valence-electron chi connectivity index (χ3n) is 4.97. The number of nitrogens with one attached hydrogen (secondary N) is 1. The molecule has 150 valence electrons. The third-order valence-corrected chi connectivity index (χ3v) is 7.14. The average molecular weight is 422 g/mol. The number of sulfonamides is 1. The molecule has 1 atom stereocenters. The summed E-state index contributed by atoms with van der Waals surface area (Å²) in [5.74, 6) is -0.128.